The normalized spacial score (nSPS) is 27.7. The lowest BCUT2D eigenvalue weighted by molar-refractivity contribution is -0.384. The second-order valence-electron chi connectivity index (χ2n) is 5.68. The topological polar surface area (TPSA) is 104 Å². The first-order valence-electron chi connectivity index (χ1n) is 6.95. The van der Waals surface area contributed by atoms with Crippen LogP contribution >= 0.6 is 0 Å². The summed E-state index contributed by atoms with van der Waals surface area (Å²) in [5.41, 5.74) is 0.328. The van der Waals surface area contributed by atoms with E-state index in [1.54, 1.807) is 0 Å². The van der Waals surface area contributed by atoms with E-state index < -0.39 is 10.9 Å². The fourth-order valence-corrected chi connectivity index (χ4v) is 3.56. The average Bonchev–Trinajstić information content (AvgIpc) is 2.69. The molecular formula is C14H16N2O5. The van der Waals surface area contributed by atoms with Crippen molar-refractivity contribution in [1.29, 1.82) is 0 Å². The van der Waals surface area contributed by atoms with Crippen LogP contribution in [0.1, 0.15) is 36.0 Å². The Morgan fingerprint density at radius 2 is 1.90 bits per heavy atom. The number of nitro groups is 1. The van der Waals surface area contributed by atoms with Crippen molar-refractivity contribution < 1.29 is 19.9 Å². The average molecular weight is 292 g/mol. The van der Waals surface area contributed by atoms with Crippen LogP contribution in [0, 0.1) is 10.1 Å². The van der Waals surface area contributed by atoms with Gasteiger partial charge in [0, 0.05) is 18.2 Å². The molecule has 2 aliphatic heterocycles. The second kappa shape index (κ2) is 5.00. The van der Waals surface area contributed by atoms with Crippen LogP contribution in [0.3, 0.4) is 0 Å². The summed E-state index contributed by atoms with van der Waals surface area (Å²) in [6.07, 6.45) is 2.52. The molecule has 7 nitrogen and oxygen atoms in total. The van der Waals surface area contributed by atoms with Gasteiger partial charge in [-0.25, -0.2) is 4.79 Å². The molecule has 2 atom stereocenters. The van der Waals surface area contributed by atoms with Crippen molar-refractivity contribution in [2.24, 2.45) is 0 Å². The number of aromatic carboxylic acids is 1. The molecule has 0 radical (unpaired) electrons. The van der Waals surface area contributed by atoms with E-state index in [2.05, 4.69) is 0 Å². The highest BCUT2D eigenvalue weighted by atomic mass is 16.6. The van der Waals surface area contributed by atoms with Gasteiger partial charge in [0.1, 0.15) is 5.69 Å². The molecule has 0 amide bonds. The largest absolute Gasteiger partial charge is 0.478 e. The lowest BCUT2D eigenvalue weighted by Crippen LogP contribution is -2.45. The summed E-state index contributed by atoms with van der Waals surface area (Å²) in [5, 5.41) is 30.1. The first kappa shape index (κ1) is 13.8. The zero-order valence-corrected chi connectivity index (χ0v) is 11.3. The number of carbonyl (C=O) groups is 1. The van der Waals surface area contributed by atoms with Crippen LogP contribution in [0.15, 0.2) is 18.2 Å². The van der Waals surface area contributed by atoms with E-state index in [1.165, 1.54) is 18.2 Å². The highest BCUT2D eigenvalue weighted by molar-refractivity contribution is 5.90. The Morgan fingerprint density at radius 3 is 2.43 bits per heavy atom. The third kappa shape index (κ3) is 2.33. The highest BCUT2D eigenvalue weighted by Crippen LogP contribution is 2.43. The van der Waals surface area contributed by atoms with E-state index >= 15 is 0 Å². The molecule has 2 aliphatic rings. The monoisotopic (exact) mass is 292 g/mol. The molecular weight excluding hydrogens is 276 g/mol. The Balaban J connectivity index is 2.06. The molecule has 7 heteroatoms. The molecule has 2 heterocycles. The number of rotatable bonds is 3. The van der Waals surface area contributed by atoms with Crippen LogP contribution in [-0.2, 0) is 0 Å². The van der Waals surface area contributed by atoms with Crippen molar-refractivity contribution >= 4 is 17.3 Å². The quantitative estimate of drug-likeness (QED) is 0.650. The number of benzene rings is 1. The fourth-order valence-electron chi connectivity index (χ4n) is 3.56. The van der Waals surface area contributed by atoms with Crippen molar-refractivity contribution in [2.45, 2.75) is 43.9 Å². The summed E-state index contributed by atoms with van der Waals surface area (Å²) >= 11 is 0. The molecule has 2 bridgehead atoms. The molecule has 1 aromatic carbocycles. The number of hydrogen-bond acceptors (Lipinski definition) is 5. The summed E-state index contributed by atoms with van der Waals surface area (Å²) in [4.78, 5) is 23.8. The van der Waals surface area contributed by atoms with Gasteiger partial charge in [-0.1, -0.05) is 0 Å². The summed E-state index contributed by atoms with van der Waals surface area (Å²) < 4.78 is 0. The fraction of sp³-hybridized carbons (Fsp3) is 0.500. The molecule has 0 spiro atoms. The van der Waals surface area contributed by atoms with Gasteiger partial charge in [0.05, 0.1) is 16.6 Å². The molecule has 0 aromatic heterocycles. The number of hydrogen-bond donors (Lipinski definition) is 2. The third-order valence-corrected chi connectivity index (χ3v) is 4.41. The maximum atomic E-state index is 11.2. The van der Waals surface area contributed by atoms with Gasteiger partial charge in [0.15, 0.2) is 0 Å². The third-order valence-electron chi connectivity index (χ3n) is 4.41. The zero-order valence-electron chi connectivity index (χ0n) is 11.3. The zero-order chi connectivity index (χ0) is 15.1. The van der Waals surface area contributed by atoms with E-state index in [4.69, 9.17) is 5.11 Å². The number of piperidine rings is 1. The number of fused-ring (bicyclic) bond motifs is 2. The second-order valence-corrected chi connectivity index (χ2v) is 5.68. The van der Waals surface area contributed by atoms with Gasteiger partial charge in [-0.15, -0.1) is 0 Å². The van der Waals surface area contributed by atoms with Crippen LogP contribution in [0.4, 0.5) is 11.4 Å². The molecule has 2 unspecified atom stereocenters. The highest BCUT2D eigenvalue weighted by Gasteiger charge is 2.42. The van der Waals surface area contributed by atoms with Gasteiger partial charge in [-0.2, -0.15) is 0 Å². The Morgan fingerprint density at radius 1 is 1.29 bits per heavy atom. The van der Waals surface area contributed by atoms with Crippen molar-refractivity contribution in [3.8, 4) is 0 Å². The molecule has 21 heavy (non-hydrogen) atoms. The summed E-state index contributed by atoms with van der Waals surface area (Å²) in [6.45, 7) is 0. The van der Waals surface area contributed by atoms with Crippen LogP contribution in [0.5, 0.6) is 0 Å². The number of anilines is 1. The van der Waals surface area contributed by atoms with Crippen LogP contribution in [0.25, 0.3) is 0 Å². The Labute approximate surface area is 121 Å². The first-order valence-corrected chi connectivity index (χ1v) is 6.95. The van der Waals surface area contributed by atoms with Gasteiger partial charge >= 0.3 is 5.97 Å². The Bertz CT molecular complexity index is 589. The summed E-state index contributed by atoms with van der Waals surface area (Å²) in [6, 6.07) is 3.97. The number of carboxylic acid groups (broad SMARTS) is 1. The standard InChI is InChI=1S/C14H16N2O5/c17-11-6-9-2-3-10(7-11)15(9)13-5-8(14(18)19)1-4-12(13)16(20)21/h1,4-5,9-11,17H,2-3,6-7H2,(H,18,19). The first-order chi connectivity index (χ1) is 9.97. The number of aliphatic hydroxyl groups is 1. The number of nitrogens with zero attached hydrogens (tertiary/aromatic N) is 2. The van der Waals surface area contributed by atoms with Gasteiger partial charge < -0.3 is 15.1 Å². The number of aliphatic hydroxyl groups excluding tert-OH is 1. The predicted octanol–water partition coefficient (Wildman–Crippen LogP) is 1.79. The van der Waals surface area contributed by atoms with Gasteiger partial charge in [-0.3, -0.25) is 10.1 Å². The minimum Gasteiger partial charge on any atom is -0.478 e. The van der Waals surface area contributed by atoms with E-state index in [0.29, 0.717) is 18.5 Å². The van der Waals surface area contributed by atoms with Gasteiger partial charge in [0.25, 0.3) is 5.69 Å². The minimum absolute atomic E-state index is 0.0427. The maximum Gasteiger partial charge on any atom is 0.335 e. The number of nitro benzene ring substituents is 1. The predicted molar refractivity (Wildman–Crippen MR) is 74.6 cm³/mol. The smallest absolute Gasteiger partial charge is 0.335 e. The molecule has 2 N–H and O–H groups in total. The van der Waals surface area contributed by atoms with Crippen molar-refractivity contribution in [1.82, 2.24) is 0 Å². The van der Waals surface area contributed by atoms with Crippen molar-refractivity contribution in [3.63, 3.8) is 0 Å². The van der Waals surface area contributed by atoms with Gasteiger partial charge in [0.2, 0.25) is 0 Å². The van der Waals surface area contributed by atoms with Crippen LogP contribution in [-0.4, -0.2) is 39.3 Å². The maximum absolute atomic E-state index is 11.2. The molecule has 0 aliphatic carbocycles. The Kier molecular flexibility index (Phi) is 3.29. The number of carboxylic acids is 1. The molecule has 3 rings (SSSR count). The van der Waals surface area contributed by atoms with E-state index in [0.717, 1.165) is 12.8 Å². The molecule has 112 valence electrons. The summed E-state index contributed by atoms with van der Waals surface area (Å²) in [5.74, 6) is -1.10. The molecule has 1 aromatic rings. The SMILES string of the molecule is O=C(O)c1ccc([N+](=O)[O-])c(N2C3CCC2CC(O)C3)c1. The van der Waals surface area contributed by atoms with E-state index in [1.807, 2.05) is 4.90 Å². The van der Waals surface area contributed by atoms with Crippen LogP contribution in [0.2, 0.25) is 0 Å². The van der Waals surface area contributed by atoms with E-state index in [-0.39, 0.29) is 29.4 Å². The van der Waals surface area contributed by atoms with Gasteiger partial charge in [-0.05, 0) is 37.8 Å². The Hall–Kier alpha value is -2.15. The molecule has 2 saturated heterocycles. The lowest BCUT2D eigenvalue weighted by atomic mass is 9.98. The molecule has 2 fully saturated rings. The minimum atomic E-state index is -1.10. The van der Waals surface area contributed by atoms with E-state index in [9.17, 15) is 20.0 Å². The molecule has 0 saturated carbocycles. The van der Waals surface area contributed by atoms with Crippen LogP contribution < -0.4 is 4.90 Å². The lowest BCUT2D eigenvalue weighted by Gasteiger charge is -2.38. The van der Waals surface area contributed by atoms with Crippen molar-refractivity contribution in [3.05, 3.63) is 33.9 Å². The van der Waals surface area contributed by atoms with Crippen molar-refractivity contribution in [2.75, 3.05) is 4.90 Å². The summed E-state index contributed by atoms with van der Waals surface area (Å²) in [7, 11) is 0.